The van der Waals surface area contributed by atoms with E-state index < -0.39 is 48.5 Å². The maximum Gasteiger partial charge on any atom is 0.405 e. The molecule has 0 saturated carbocycles. The van der Waals surface area contributed by atoms with Crippen molar-refractivity contribution in [2.24, 2.45) is 16.5 Å². The largest absolute Gasteiger partial charge is 0.465 e. The van der Waals surface area contributed by atoms with Gasteiger partial charge in [-0.1, -0.05) is 30.3 Å². The lowest BCUT2D eigenvalue weighted by atomic mass is 10.0. The van der Waals surface area contributed by atoms with Crippen molar-refractivity contribution in [3.8, 4) is 0 Å². The van der Waals surface area contributed by atoms with E-state index in [2.05, 4.69) is 15.6 Å². The van der Waals surface area contributed by atoms with Crippen molar-refractivity contribution in [2.45, 2.75) is 43.8 Å². The number of carboxylic acid groups (broad SMARTS) is 1. The number of guanidine groups is 1. The van der Waals surface area contributed by atoms with Crippen molar-refractivity contribution in [1.29, 1.82) is 0 Å². The van der Waals surface area contributed by atoms with Crippen molar-refractivity contribution >= 4 is 29.7 Å². The van der Waals surface area contributed by atoms with Gasteiger partial charge in [-0.2, -0.15) is 0 Å². The molecule has 0 spiro atoms. The van der Waals surface area contributed by atoms with Crippen LogP contribution < -0.4 is 22.1 Å². The average Bonchev–Trinajstić information content (AvgIpc) is 3.29. The highest BCUT2D eigenvalue weighted by atomic mass is 19.1. The van der Waals surface area contributed by atoms with E-state index in [9.17, 15) is 28.7 Å². The van der Waals surface area contributed by atoms with E-state index in [-0.39, 0.29) is 25.5 Å². The first-order valence-corrected chi connectivity index (χ1v) is 10.5. The quantitative estimate of drug-likeness (QED) is 0.174. The van der Waals surface area contributed by atoms with Gasteiger partial charge in [0.1, 0.15) is 18.8 Å². The van der Waals surface area contributed by atoms with Crippen LogP contribution in [0.15, 0.2) is 35.3 Å². The molecule has 11 nitrogen and oxygen atoms in total. The number of amides is 3. The van der Waals surface area contributed by atoms with Crippen LogP contribution in [0.5, 0.6) is 0 Å². The Labute approximate surface area is 190 Å². The lowest BCUT2D eigenvalue weighted by Gasteiger charge is -2.29. The number of hydrogen-bond donors (Lipinski definition) is 5. The number of carbonyl (C=O) groups is 4. The number of hydrogen-bond acceptors (Lipinski definition) is 5. The second-order valence-corrected chi connectivity index (χ2v) is 7.59. The molecule has 1 aliphatic rings. The molecule has 3 atom stereocenters. The summed E-state index contributed by atoms with van der Waals surface area (Å²) in [6.07, 6.45) is -0.0761. The Morgan fingerprint density at radius 2 is 1.88 bits per heavy atom. The van der Waals surface area contributed by atoms with E-state index >= 15 is 0 Å². The highest BCUT2D eigenvalue weighted by molar-refractivity contribution is 5.95. The van der Waals surface area contributed by atoms with Crippen LogP contribution in [0.25, 0.3) is 0 Å². The Hall–Kier alpha value is -3.70. The first kappa shape index (κ1) is 25.6. The number of nitrogens with one attached hydrogen (secondary N) is 2. The fraction of sp³-hybridized carbons (Fsp3) is 0.476. The summed E-state index contributed by atoms with van der Waals surface area (Å²) >= 11 is 0. The minimum absolute atomic E-state index is 0.115. The molecule has 1 aromatic rings. The van der Waals surface area contributed by atoms with Gasteiger partial charge in [0.2, 0.25) is 5.91 Å². The van der Waals surface area contributed by atoms with Gasteiger partial charge in [-0.05, 0) is 31.2 Å². The van der Waals surface area contributed by atoms with Gasteiger partial charge in [0.25, 0.3) is 5.91 Å². The van der Waals surface area contributed by atoms with Crippen molar-refractivity contribution in [2.75, 3.05) is 19.8 Å². The van der Waals surface area contributed by atoms with Crippen LogP contribution in [-0.2, 0) is 14.4 Å². The van der Waals surface area contributed by atoms with Gasteiger partial charge < -0.3 is 32.1 Å². The molecule has 0 aliphatic carbocycles. The first-order chi connectivity index (χ1) is 15.7. The molecule has 0 radical (unpaired) electrons. The molecule has 3 amide bonds. The van der Waals surface area contributed by atoms with Crippen molar-refractivity contribution in [3.05, 3.63) is 35.9 Å². The Morgan fingerprint density at radius 1 is 1.18 bits per heavy atom. The molecule has 1 saturated heterocycles. The minimum atomic E-state index is -1.38. The van der Waals surface area contributed by atoms with E-state index in [0.29, 0.717) is 24.8 Å². The standard InChI is InChI=1S/C21H29FN6O5/c22-12-16(29)14(8-4-10-25-20(23)24)26-18(30)15-9-5-11-28(15)19(31)17(27-21(32)33)13-6-2-1-3-7-13/h1-3,6-7,14-15,17,27H,4-5,8-12H2,(H,26,30)(H,32,33)(H4,23,24,25)/t14-,15-,17-/m0/s1. The second kappa shape index (κ2) is 12.4. The summed E-state index contributed by atoms with van der Waals surface area (Å²) < 4.78 is 13.0. The third-order valence-corrected chi connectivity index (χ3v) is 5.27. The van der Waals surface area contributed by atoms with Gasteiger partial charge in [0.15, 0.2) is 11.7 Å². The van der Waals surface area contributed by atoms with Crippen LogP contribution in [-0.4, -0.2) is 71.5 Å². The Kier molecular flexibility index (Phi) is 9.58. The monoisotopic (exact) mass is 464 g/mol. The molecule has 7 N–H and O–H groups in total. The highest BCUT2D eigenvalue weighted by Gasteiger charge is 2.39. The molecule has 0 bridgehead atoms. The van der Waals surface area contributed by atoms with E-state index in [0.717, 1.165) is 0 Å². The summed E-state index contributed by atoms with van der Waals surface area (Å²) in [5.74, 6) is -2.09. The third kappa shape index (κ3) is 7.44. The molecule has 12 heteroatoms. The zero-order valence-electron chi connectivity index (χ0n) is 18.1. The van der Waals surface area contributed by atoms with Gasteiger partial charge in [-0.3, -0.25) is 19.4 Å². The second-order valence-electron chi connectivity index (χ2n) is 7.59. The maximum atomic E-state index is 13.2. The average molecular weight is 464 g/mol. The van der Waals surface area contributed by atoms with Crippen molar-refractivity contribution < 1.29 is 28.7 Å². The van der Waals surface area contributed by atoms with E-state index in [1.807, 2.05) is 0 Å². The number of Topliss-reactive ketones (excluding diaryl/α,β-unsaturated/α-hetero) is 1. The van der Waals surface area contributed by atoms with E-state index in [1.165, 1.54) is 4.90 Å². The molecule has 0 unspecified atom stereocenters. The molecule has 0 aromatic heterocycles. The number of halogens is 1. The van der Waals surface area contributed by atoms with Crippen LogP contribution in [0.3, 0.4) is 0 Å². The predicted molar refractivity (Wildman–Crippen MR) is 118 cm³/mol. The Morgan fingerprint density at radius 3 is 2.48 bits per heavy atom. The van der Waals surface area contributed by atoms with Gasteiger partial charge in [0.05, 0.1) is 6.04 Å². The molecule has 2 rings (SSSR count). The number of nitrogens with two attached hydrogens (primary N) is 2. The summed E-state index contributed by atoms with van der Waals surface area (Å²) in [4.78, 5) is 54.5. The summed E-state index contributed by atoms with van der Waals surface area (Å²) in [7, 11) is 0. The van der Waals surface area contributed by atoms with Crippen LogP contribution in [0.2, 0.25) is 0 Å². The zero-order chi connectivity index (χ0) is 24.4. The van der Waals surface area contributed by atoms with Crippen molar-refractivity contribution in [3.63, 3.8) is 0 Å². The van der Waals surface area contributed by atoms with Crippen LogP contribution >= 0.6 is 0 Å². The Balaban J connectivity index is 2.13. The highest BCUT2D eigenvalue weighted by Crippen LogP contribution is 2.24. The molecular weight excluding hydrogens is 435 g/mol. The summed E-state index contributed by atoms with van der Waals surface area (Å²) in [6.45, 7) is -0.797. The number of rotatable bonds is 11. The third-order valence-electron chi connectivity index (χ3n) is 5.27. The van der Waals surface area contributed by atoms with Gasteiger partial charge >= 0.3 is 6.09 Å². The molecule has 1 aliphatic heterocycles. The lowest BCUT2D eigenvalue weighted by Crippen LogP contribution is -2.53. The fourth-order valence-corrected chi connectivity index (χ4v) is 3.70. The lowest BCUT2D eigenvalue weighted by molar-refractivity contribution is -0.140. The number of aliphatic imine (C=N–C) groups is 1. The molecule has 1 fully saturated rings. The summed E-state index contributed by atoms with van der Waals surface area (Å²) in [5, 5.41) is 13.9. The van der Waals surface area contributed by atoms with Gasteiger partial charge in [-0.15, -0.1) is 0 Å². The van der Waals surface area contributed by atoms with Crippen molar-refractivity contribution in [1.82, 2.24) is 15.5 Å². The molecule has 1 heterocycles. The SMILES string of the molecule is NC(N)=NCCC[C@H](NC(=O)[C@@H]1CCCN1C(=O)[C@@H](NC(=O)O)c1ccccc1)C(=O)CF. The minimum Gasteiger partial charge on any atom is -0.465 e. The molecule has 180 valence electrons. The summed E-state index contributed by atoms with van der Waals surface area (Å²) in [5.41, 5.74) is 10.9. The number of benzene rings is 1. The first-order valence-electron chi connectivity index (χ1n) is 10.5. The topological polar surface area (TPSA) is 180 Å². The molecular formula is C21H29FN6O5. The predicted octanol–water partition coefficient (Wildman–Crippen LogP) is 0.0633. The van der Waals surface area contributed by atoms with Crippen LogP contribution in [0, 0.1) is 0 Å². The number of likely N-dealkylation sites (tertiary alicyclic amines) is 1. The number of ketones is 1. The van der Waals surface area contributed by atoms with E-state index in [1.54, 1.807) is 30.3 Å². The zero-order valence-corrected chi connectivity index (χ0v) is 18.1. The van der Waals surface area contributed by atoms with E-state index in [4.69, 9.17) is 11.5 Å². The van der Waals surface area contributed by atoms with Crippen LogP contribution in [0.1, 0.15) is 37.3 Å². The number of carbonyl (C=O) groups excluding carboxylic acids is 3. The normalized spacial score (nSPS) is 17.0. The number of nitrogens with zero attached hydrogens (tertiary/aromatic N) is 2. The summed E-state index contributed by atoms with van der Waals surface area (Å²) in [6, 6.07) is 5.09. The Bertz CT molecular complexity index is 877. The van der Waals surface area contributed by atoms with Gasteiger partial charge in [0, 0.05) is 13.1 Å². The fourth-order valence-electron chi connectivity index (χ4n) is 3.70. The number of alkyl halides is 1. The maximum absolute atomic E-state index is 13.2. The molecule has 33 heavy (non-hydrogen) atoms. The molecule has 1 aromatic carbocycles. The van der Waals surface area contributed by atoms with Gasteiger partial charge in [-0.25, -0.2) is 9.18 Å². The van der Waals surface area contributed by atoms with Crippen LogP contribution in [0.4, 0.5) is 9.18 Å². The smallest absolute Gasteiger partial charge is 0.405 e.